The largest absolute Gasteiger partial charge is 0.393 e. The van der Waals surface area contributed by atoms with Crippen molar-refractivity contribution in [3.05, 3.63) is 33.3 Å². The molecule has 1 aromatic carbocycles. The number of hydrogen-bond donors (Lipinski definition) is 2. The summed E-state index contributed by atoms with van der Waals surface area (Å²) in [4.78, 5) is 12.2. The maximum absolute atomic E-state index is 11.8. The Morgan fingerprint density at radius 2 is 2.29 bits per heavy atom. The van der Waals surface area contributed by atoms with Crippen LogP contribution in [0.5, 0.6) is 0 Å². The van der Waals surface area contributed by atoms with Crippen LogP contribution >= 0.6 is 39.7 Å². The van der Waals surface area contributed by atoms with Gasteiger partial charge in [0, 0.05) is 22.5 Å². The number of carbonyl (C=O) groups excluding carboxylic acids is 1. The normalized spacial score (nSPS) is 11.9. The van der Waals surface area contributed by atoms with Crippen molar-refractivity contribution >= 4 is 50.6 Å². The van der Waals surface area contributed by atoms with E-state index in [1.54, 1.807) is 18.2 Å². The lowest BCUT2D eigenvalue weighted by Crippen LogP contribution is -2.35. The third-order valence-electron chi connectivity index (χ3n) is 2.07. The molecule has 0 bridgehead atoms. The van der Waals surface area contributed by atoms with Gasteiger partial charge in [0.1, 0.15) is 0 Å². The van der Waals surface area contributed by atoms with E-state index in [-0.39, 0.29) is 11.9 Å². The van der Waals surface area contributed by atoms with Gasteiger partial charge in [-0.15, -0.1) is 0 Å². The van der Waals surface area contributed by atoms with Crippen LogP contribution < -0.4 is 11.1 Å². The second kappa shape index (κ2) is 6.33. The molecule has 1 atom stereocenters. The number of hydrogen-bond acceptors (Lipinski definition) is 2. The molecule has 0 saturated carbocycles. The van der Waals surface area contributed by atoms with E-state index in [2.05, 4.69) is 21.2 Å². The standard InChI is InChI=1S/C11H12BrClN2OS/c1-6(4-10(14)17)15-11(16)7-2-3-8(12)9(13)5-7/h2-3,5-6H,4H2,1H3,(H2,14,17)(H,15,16). The van der Waals surface area contributed by atoms with Crippen molar-refractivity contribution in [2.45, 2.75) is 19.4 Å². The van der Waals surface area contributed by atoms with Gasteiger partial charge in [-0.05, 0) is 41.1 Å². The highest BCUT2D eigenvalue weighted by atomic mass is 79.9. The highest BCUT2D eigenvalue weighted by Gasteiger charge is 2.11. The number of nitrogens with one attached hydrogen (secondary N) is 1. The molecule has 3 nitrogen and oxygen atoms in total. The summed E-state index contributed by atoms with van der Waals surface area (Å²) in [7, 11) is 0. The lowest BCUT2D eigenvalue weighted by molar-refractivity contribution is 0.0941. The van der Waals surface area contributed by atoms with Crippen LogP contribution in [0.25, 0.3) is 0 Å². The molecule has 0 aromatic heterocycles. The van der Waals surface area contributed by atoms with Crippen LogP contribution in [-0.2, 0) is 0 Å². The predicted molar refractivity (Wildman–Crippen MR) is 77.5 cm³/mol. The van der Waals surface area contributed by atoms with Crippen molar-refractivity contribution in [3.63, 3.8) is 0 Å². The molecule has 1 aromatic rings. The van der Waals surface area contributed by atoms with Gasteiger partial charge < -0.3 is 11.1 Å². The molecule has 6 heteroatoms. The van der Waals surface area contributed by atoms with E-state index in [9.17, 15) is 4.79 Å². The van der Waals surface area contributed by atoms with Crippen LogP contribution in [-0.4, -0.2) is 16.9 Å². The van der Waals surface area contributed by atoms with Gasteiger partial charge in [0.25, 0.3) is 5.91 Å². The van der Waals surface area contributed by atoms with Gasteiger partial charge in [-0.2, -0.15) is 0 Å². The molecule has 0 aliphatic rings. The smallest absolute Gasteiger partial charge is 0.251 e. The summed E-state index contributed by atoms with van der Waals surface area (Å²) in [5, 5.41) is 3.29. The minimum absolute atomic E-state index is 0.0950. The van der Waals surface area contributed by atoms with E-state index < -0.39 is 0 Å². The summed E-state index contributed by atoms with van der Waals surface area (Å²) in [6, 6.07) is 4.94. The van der Waals surface area contributed by atoms with Crippen molar-refractivity contribution in [3.8, 4) is 0 Å². The average Bonchev–Trinajstić information content (AvgIpc) is 2.20. The van der Waals surface area contributed by atoms with Gasteiger partial charge in [0.2, 0.25) is 0 Å². The molecule has 0 radical (unpaired) electrons. The van der Waals surface area contributed by atoms with Gasteiger partial charge in [-0.1, -0.05) is 23.8 Å². The highest BCUT2D eigenvalue weighted by Crippen LogP contribution is 2.23. The summed E-state index contributed by atoms with van der Waals surface area (Å²) >= 11 is 14.0. The molecule has 1 amide bonds. The second-order valence-electron chi connectivity index (χ2n) is 3.67. The molecule has 0 saturated heterocycles. The summed E-state index contributed by atoms with van der Waals surface area (Å²) in [6.45, 7) is 1.84. The van der Waals surface area contributed by atoms with E-state index in [1.807, 2.05) is 6.92 Å². The Bertz CT molecular complexity index is 453. The monoisotopic (exact) mass is 334 g/mol. The number of benzene rings is 1. The van der Waals surface area contributed by atoms with Crippen LogP contribution in [0.3, 0.4) is 0 Å². The SMILES string of the molecule is CC(CC(N)=S)NC(=O)c1ccc(Br)c(Cl)c1. The fourth-order valence-corrected chi connectivity index (χ4v) is 1.97. The molecule has 0 aliphatic carbocycles. The van der Waals surface area contributed by atoms with Crippen molar-refractivity contribution < 1.29 is 4.79 Å². The number of thiocarbonyl (C=S) groups is 1. The maximum Gasteiger partial charge on any atom is 0.251 e. The first-order chi connectivity index (χ1) is 7.90. The fourth-order valence-electron chi connectivity index (χ4n) is 1.30. The first-order valence-electron chi connectivity index (χ1n) is 4.94. The minimum atomic E-state index is -0.192. The summed E-state index contributed by atoms with van der Waals surface area (Å²) in [5.41, 5.74) is 5.91. The number of carbonyl (C=O) groups is 1. The van der Waals surface area contributed by atoms with Gasteiger partial charge >= 0.3 is 0 Å². The molecule has 0 spiro atoms. The molecular formula is C11H12BrClN2OS. The molecule has 1 rings (SSSR count). The van der Waals surface area contributed by atoms with Crippen LogP contribution in [0.1, 0.15) is 23.7 Å². The number of nitrogens with two attached hydrogens (primary N) is 1. The zero-order chi connectivity index (χ0) is 13.0. The minimum Gasteiger partial charge on any atom is -0.393 e. The Morgan fingerprint density at radius 1 is 1.65 bits per heavy atom. The molecule has 3 N–H and O–H groups in total. The number of rotatable bonds is 4. The van der Waals surface area contributed by atoms with Gasteiger partial charge in [0.15, 0.2) is 0 Å². The lowest BCUT2D eigenvalue weighted by atomic mass is 10.2. The average molecular weight is 336 g/mol. The lowest BCUT2D eigenvalue weighted by Gasteiger charge is -2.13. The van der Waals surface area contributed by atoms with Crippen molar-refractivity contribution in [2.24, 2.45) is 5.73 Å². The number of amides is 1. The van der Waals surface area contributed by atoms with Crippen molar-refractivity contribution in [1.82, 2.24) is 5.32 Å². The zero-order valence-corrected chi connectivity index (χ0v) is 12.3. The quantitative estimate of drug-likeness (QED) is 0.832. The zero-order valence-electron chi connectivity index (χ0n) is 9.17. The molecule has 1 unspecified atom stereocenters. The van der Waals surface area contributed by atoms with E-state index in [0.717, 1.165) is 4.47 Å². The van der Waals surface area contributed by atoms with Gasteiger partial charge in [-0.3, -0.25) is 4.79 Å². The third-order valence-corrected chi connectivity index (χ3v) is 3.47. The molecule has 0 aliphatic heterocycles. The Morgan fingerprint density at radius 3 is 2.82 bits per heavy atom. The molecule has 92 valence electrons. The molecular weight excluding hydrogens is 324 g/mol. The predicted octanol–water partition coefficient (Wildman–Crippen LogP) is 2.90. The molecule has 17 heavy (non-hydrogen) atoms. The maximum atomic E-state index is 11.8. The van der Waals surface area contributed by atoms with Crippen LogP contribution in [0, 0.1) is 0 Å². The first kappa shape index (κ1) is 14.4. The van der Waals surface area contributed by atoms with Crippen molar-refractivity contribution in [1.29, 1.82) is 0 Å². The van der Waals surface area contributed by atoms with E-state index in [1.165, 1.54) is 0 Å². The highest BCUT2D eigenvalue weighted by molar-refractivity contribution is 9.10. The van der Waals surface area contributed by atoms with Crippen molar-refractivity contribution in [2.75, 3.05) is 0 Å². The van der Waals surface area contributed by atoms with Gasteiger partial charge in [0.05, 0.1) is 10.0 Å². The van der Waals surface area contributed by atoms with Crippen LogP contribution in [0.4, 0.5) is 0 Å². The Kier molecular flexibility index (Phi) is 5.36. The molecule has 0 heterocycles. The summed E-state index contributed by atoms with van der Waals surface area (Å²) in [6.07, 6.45) is 0.478. The Balaban J connectivity index is 2.70. The van der Waals surface area contributed by atoms with Crippen LogP contribution in [0.15, 0.2) is 22.7 Å². The fraction of sp³-hybridized carbons (Fsp3) is 0.273. The first-order valence-corrected chi connectivity index (χ1v) is 6.52. The van der Waals surface area contributed by atoms with Gasteiger partial charge in [-0.25, -0.2) is 0 Å². The summed E-state index contributed by atoms with van der Waals surface area (Å²) in [5.74, 6) is -0.192. The van der Waals surface area contributed by atoms with E-state index in [4.69, 9.17) is 29.6 Å². The Hall–Kier alpha value is -0.650. The molecule has 0 fully saturated rings. The Labute approximate surface area is 119 Å². The number of halogens is 2. The topological polar surface area (TPSA) is 55.1 Å². The third kappa shape index (κ3) is 4.61. The van der Waals surface area contributed by atoms with E-state index in [0.29, 0.717) is 22.0 Å². The second-order valence-corrected chi connectivity index (χ2v) is 5.46. The van der Waals surface area contributed by atoms with Crippen LogP contribution in [0.2, 0.25) is 5.02 Å². The van der Waals surface area contributed by atoms with E-state index >= 15 is 0 Å². The summed E-state index contributed by atoms with van der Waals surface area (Å²) < 4.78 is 0.756.